The summed E-state index contributed by atoms with van der Waals surface area (Å²) in [4.78, 5) is 22.0. The second kappa shape index (κ2) is 8.38. The highest BCUT2D eigenvalue weighted by Gasteiger charge is 2.26. The fraction of sp³-hybridized carbons (Fsp3) is 0.500. The van der Waals surface area contributed by atoms with E-state index in [1.165, 1.54) is 6.92 Å². The van der Waals surface area contributed by atoms with Crippen LogP contribution in [0.4, 0.5) is 0 Å². The average Bonchev–Trinajstić information content (AvgIpc) is 2.44. The predicted molar refractivity (Wildman–Crippen MR) is 81.7 cm³/mol. The highest BCUT2D eigenvalue weighted by Crippen LogP contribution is 2.15. The summed E-state index contributed by atoms with van der Waals surface area (Å²) in [5.41, 5.74) is 0.802. The second-order valence-electron chi connectivity index (χ2n) is 5.64. The van der Waals surface area contributed by atoms with E-state index >= 15 is 0 Å². The van der Waals surface area contributed by atoms with E-state index in [9.17, 15) is 14.7 Å². The minimum atomic E-state index is -1.65. The maximum absolute atomic E-state index is 11.1. The number of ether oxygens (including phenoxy) is 1. The Morgan fingerprint density at radius 2 is 1.82 bits per heavy atom. The molecule has 3 N–H and O–H groups in total. The SMILES string of the molecule is CC(=O)NC(Cc1ccc(OCC(C)C)cc1)C(O)C(=O)O. The molecule has 0 bridgehead atoms. The topological polar surface area (TPSA) is 95.9 Å². The fourth-order valence-electron chi connectivity index (χ4n) is 1.91. The van der Waals surface area contributed by atoms with Crippen molar-refractivity contribution in [2.24, 2.45) is 5.92 Å². The largest absolute Gasteiger partial charge is 0.493 e. The lowest BCUT2D eigenvalue weighted by Crippen LogP contribution is -2.47. The van der Waals surface area contributed by atoms with Gasteiger partial charge in [-0.15, -0.1) is 0 Å². The van der Waals surface area contributed by atoms with Crippen molar-refractivity contribution in [3.8, 4) is 5.75 Å². The molecule has 0 fully saturated rings. The number of carbonyl (C=O) groups excluding carboxylic acids is 1. The molecule has 1 rings (SSSR count). The molecular weight excluding hydrogens is 286 g/mol. The molecule has 0 saturated carbocycles. The summed E-state index contributed by atoms with van der Waals surface area (Å²) >= 11 is 0. The van der Waals surface area contributed by atoms with Gasteiger partial charge in [-0.05, 0) is 30.0 Å². The fourth-order valence-corrected chi connectivity index (χ4v) is 1.91. The zero-order valence-electron chi connectivity index (χ0n) is 13.1. The van der Waals surface area contributed by atoms with Crippen LogP contribution in [0.1, 0.15) is 26.3 Å². The molecule has 22 heavy (non-hydrogen) atoms. The van der Waals surface area contributed by atoms with Crippen molar-refractivity contribution < 1.29 is 24.5 Å². The number of carbonyl (C=O) groups is 2. The number of amides is 1. The third-order valence-corrected chi connectivity index (χ3v) is 2.99. The van der Waals surface area contributed by atoms with E-state index in [0.29, 0.717) is 12.5 Å². The lowest BCUT2D eigenvalue weighted by Gasteiger charge is -2.21. The van der Waals surface area contributed by atoms with Crippen molar-refractivity contribution in [1.82, 2.24) is 5.32 Å². The summed E-state index contributed by atoms with van der Waals surface area (Å²) in [7, 11) is 0. The number of rotatable bonds is 8. The summed E-state index contributed by atoms with van der Waals surface area (Å²) < 4.78 is 5.56. The van der Waals surface area contributed by atoms with Crippen LogP contribution in [0.25, 0.3) is 0 Å². The molecule has 0 heterocycles. The molecule has 0 spiro atoms. The van der Waals surface area contributed by atoms with Crippen LogP contribution in [0.15, 0.2) is 24.3 Å². The zero-order chi connectivity index (χ0) is 16.7. The van der Waals surface area contributed by atoms with Gasteiger partial charge in [0.05, 0.1) is 12.6 Å². The number of carboxylic acid groups (broad SMARTS) is 1. The molecular formula is C16H23NO5. The number of hydrogen-bond acceptors (Lipinski definition) is 4. The van der Waals surface area contributed by atoms with E-state index in [-0.39, 0.29) is 12.3 Å². The van der Waals surface area contributed by atoms with Gasteiger partial charge in [0.1, 0.15) is 5.75 Å². The second-order valence-corrected chi connectivity index (χ2v) is 5.64. The van der Waals surface area contributed by atoms with Crippen LogP contribution in [0.3, 0.4) is 0 Å². The van der Waals surface area contributed by atoms with Crippen LogP contribution in [0.5, 0.6) is 5.75 Å². The van der Waals surface area contributed by atoms with E-state index < -0.39 is 18.1 Å². The van der Waals surface area contributed by atoms with Crippen LogP contribution in [0.2, 0.25) is 0 Å². The summed E-state index contributed by atoms with van der Waals surface area (Å²) in [6, 6.07) is 6.28. The van der Waals surface area contributed by atoms with Gasteiger partial charge in [0.25, 0.3) is 0 Å². The predicted octanol–water partition coefficient (Wildman–Crippen LogP) is 1.21. The Labute approximate surface area is 130 Å². The Morgan fingerprint density at radius 3 is 2.27 bits per heavy atom. The first-order valence-electron chi connectivity index (χ1n) is 7.19. The first-order valence-corrected chi connectivity index (χ1v) is 7.19. The number of nitrogens with one attached hydrogen (secondary N) is 1. The molecule has 122 valence electrons. The highest BCUT2D eigenvalue weighted by atomic mass is 16.5. The minimum absolute atomic E-state index is 0.220. The van der Waals surface area contributed by atoms with Crippen molar-refractivity contribution in [3.63, 3.8) is 0 Å². The van der Waals surface area contributed by atoms with Crippen LogP contribution < -0.4 is 10.1 Å². The van der Waals surface area contributed by atoms with Gasteiger partial charge in [-0.25, -0.2) is 4.79 Å². The molecule has 0 aliphatic heterocycles. The summed E-state index contributed by atoms with van der Waals surface area (Å²) in [5, 5.41) is 21.0. The number of hydrogen-bond donors (Lipinski definition) is 3. The summed E-state index contributed by atoms with van der Waals surface area (Å²) in [5.74, 6) is -0.598. The molecule has 0 aromatic heterocycles. The van der Waals surface area contributed by atoms with Gasteiger partial charge < -0.3 is 20.3 Å². The van der Waals surface area contributed by atoms with Gasteiger partial charge >= 0.3 is 5.97 Å². The third kappa shape index (κ3) is 6.13. The Hall–Kier alpha value is -2.08. The Kier molecular flexibility index (Phi) is 6.85. The van der Waals surface area contributed by atoms with Crippen molar-refractivity contribution in [2.75, 3.05) is 6.61 Å². The van der Waals surface area contributed by atoms with E-state index in [2.05, 4.69) is 19.2 Å². The monoisotopic (exact) mass is 309 g/mol. The maximum Gasteiger partial charge on any atom is 0.334 e. The first-order chi connectivity index (χ1) is 10.3. The quantitative estimate of drug-likeness (QED) is 0.671. The standard InChI is InChI=1S/C16H23NO5/c1-10(2)9-22-13-6-4-12(5-7-13)8-14(17-11(3)18)15(19)16(20)21/h4-7,10,14-15,19H,8-9H2,1-3H3,(H,17,18)(H,20,21). The molecule has 2 unspecified atom stereocenters. The Bertz CT molecular complexity index is 498. The first kappa shape index (κ1) is 18.0. The average molecular weight is 309 g/mol. The molecule has 6 heteroatoms. The summed E-state index contributed by atoms with van der Waals surface area (Å²) in [6.07, 6.45) is -1.43. The van der Waals surface area contributed by atoms with Gasteiger partial charge in [-0.3, -0.25) is 4.79 Å². The number of aliphatic hydroxyl groups is 1. The third-order valence-electron chi connectivity index (χ3n) is 2.99. The summed E-state index contributed by atoms with van der Waals surface area (Å²) in [6.45, 7) is 6.01. The Balaban J connectivity index is 2.72. The number of carboxylic acids is 1. The van der Waals surface area contributed by atoms with Crippen molar-refractivity contribution in [1.29, 1.82) is 0 Å². The van der Waals surface area contributed by atoms with Gasteiger partial charge in [0.15, 0.2) is 6.10 Å². The molecule has 1 aromatic rings. The Morgan fingerprint density at radius 1 is 1.23 bits per heavy atom. The number of aliphatic hydroxyl groups excluding tert-OH is 1. The van der Waals surface area contributed by atoms with Crippen molar-refractivity contribution in [2.45, 2.75) is 39.3 Å². The van der Waals surface area contributed by atoms with Gasteiger partial charge in [0.2, 0.25) is 5.91 Å². The smallest absolute Gasteiger partial charge is 0.334 e. The van der Waals surface area contributed by atoms with Gasteiger partial charge in [-0.2, -0.15) is 0 Å². The van der Waals surface area contributed by atoms with Crippen molar-refractivity contribution >= 4 is 11.9 Å². The molecule has 0 aliphatic carbocycles. The molecule has 6 nitrogen and oxygen atoms in total. The van der Waals surface area contributed by atoms with E-state index in [1.54, 1.807) is 24.3 Å². The molecule has 1 amide bonds. The van der Waals surface area contributed by atoms with Gasteiger partial charge in [0, 0.05) is 6.92 Å². The van der Waals surface area contributed by atoms with E-state index in [0.717, 1.165) is 11.3 Å². The van der Waals surface area contributed by atoms with Crippen LogP contribution in [-0.4, -0.2) is 40.8 Å². The van der Waals surface area contributed by atoms with Crippen LogP contribution >= 0.6 is 0 Å². The molecule has 1 aromatic carbocycles. The molecule has 0 saturated heterocycles. The lowest BCUT2D eigenvalue weighted by atomic mass is 10.0. The maximum atomic E-state index is 11.1. The van der Waals surface area contributed by atoms with E-state index in [4.69, 9.17) is 9.84 Å². The highest BCUT2D eigenvalue weighted by molar-refractivity contribution is 5.77. The van der Waals surface area contributed by atoms with Crippen molar-refractivity contribution in [3.05, 3.63) is 29.8 Å². The number of aliphatic carboxylic acids is 1. The normalized spacial score (nSPS) is 13.5. The number of benzene rings is 1. The van der Waals surface area contributed by atoms with Crippen LogP contribution in [-0.2, 0) is 16.0 Å². The van der Waals surface area contributed by atoms with Crippen LogP contribution in [0, 0.1) is 5.92 Å². The zero-order valence-corrected chi connectivity index (χ0v) is 13.1. The lowest BCUT2D eigenvalue weighted by molar-refractivity contribution is -0.148. The van der Waals surface area contributed by atoms with E-state index in [1.807, 2.05) is 0 Å². The molecule has 0 radical (unpaired) electrons. The van der Waals surface area contributed by atoms with Gasteiger partial charge in [-0.1, -0.05) is 26.0 Å². The minimum Gasteiger partial charge on any atom is -0.493 e. The molecule has 0 aliphatic rings. The molecule has 2 atom stereocenters.